The maximum atomic E-state index is 5.93. The Balaban J connectivity index is 4.15. The molecule has 0 amide bonds. The molecule has 0 heterocycles. The summed E-state index contributed by atoms with van der Waals surface area (Å²) in [5.74, 6) is 0. The zero-order chi connectivity index (χ0) is 12.4. The van der Waals surface area contributed by atoms with E-state index in [4.69, 9.17) is 10.5 Å². The summed E-state index contributed by atoms with van der Waals surface area (Å²) >= 11 is 0. The molecule has 0 atom stereocenters. The molecule has 0 aliphatic heterocycles. The molecule has 0 unspecified atom stereocenters. The van der Waals surface area contributed by atoms with Crippen LogP contribution in [0.5, 0.6) is 0 Å². The molecular weight excluding hydrogens is 200 g/mol. The molecule has 0 spiro atoms. The zero-order valence-electron chi connectivity index (χ0n) is 11.6. The lowest BCUT2D eigenvalue weighted by Gasteiger charge is -2.36. The molecule has 3 nitrogen and oxygen atoms in total. The number of nitrogens with zero attached hydrogens (tertiary/aromatic N) is 1. The number of ether oxygens (including phenoxy) is 1. The molecule has 3 heteroatoms. The number of nitrogens with two attached hydrogens (primary N) is 1. The normalized spacial score (nSPS) is 12.4. The van der Waals surface area contributed by atoms with Gasteiger partial charge in [0.05, 0.1) is 6.61 Å². The zero-order valence-corrected chi connectivity index (χ0v) is 11.6. The molecule has 16 heavy (non-hydrogen) atoms. The van der Waals surface area contributed by atoms with Crippen molar-refractivity contribution < 1.29 is 4.74 Å². The summed E-state index contributed by atoms with van der Waals surface area (Å²) < 4.78 is 5.41. The molecule has 0 rings (SSSR count). The molecule has 0 aliphatic rings. The largest absolute Gasteiger partial charge is 0.380 e. The van der Waals surface area contributed by atoms with Crippen LogP contribution in [0.25, 0.3) is 0 Å². The van der Waals surface area contributed by atoms with Crippen LogP contribution in [-0.2, 0) is 4.74 Å². The fourth-order valence-corrected chi connectivity index (χ4v) is 1.99. The average molecular weight is 230 g/mol. The van der Waals surface area contributed by atoms with E-state index in [2.05, 4.69) is 25.7 Å². The van der Waals surface area contributed by atoms with Crippen LogP contribution in [0.3, 0.4) is 0 Å². The standard InChI is InChI=1S/C13H30N2O/c1-5-13(6-2,11-14)12-15(7-3)9-10-16-8-4/h5-12,14H2,1-4H3. The van der Waals surface area contributed by atoms with Gasteiger partial charge in [-0.3, -0.25) is 0 Å². The fraction of sp³-hybridized carbons (Fsp3) is 1.00. The van der Waals surface area contributed by atoms with Crippen molar-refractivity contribution in [2.45, 2.75) is 40.5 Å². The quantitative estimate of drug-likeness (QED) is 0.584. The van der Waals surface area contributed by atoms with Crippen LogP contribution in [0, 0.1) is 5.41 Å². The van der Waals surface area contributed by atoms with E-state index in [1.807, 2.05) is 6.92 Å². The van der Waals surface area contributed by atoms with Gasteiger partial charge in [0.2, 0.25) is 0 Å². The van der Waals surface area contributed by atoms with Crippen molar-refractivity contribution in [3.05, 3.63) is 0 Å². The lowest BCUT2D eigenvalue weighted by atomic mass is 9.82. The Morgan fingerprint density at radius 3 is 2.12 bits per heavy atom. The van der Waals surface area contributed by atoms with Gasteiger partial charge in [-0.1, -0.05) is 20.8 Å². The van der Waals surface area contributed by atoms with Gasteiger partial charge in [-0.25, -0.2) is 0 Å². The van der Waals surface area contributed by atoms with Gasteiger partial charge in [0, 0.05) is 19.7 Å². The lowest BCUT2D eigenvalue weighted by Crippen LogP contribution is -2.43. The molecule has 0 aromatic carbocycles. The van der Waals surface area contributed by atoms with Crippen LogP contribution >= 0.6 is 0 Å². The summed E-state index contributed by atoms with van der Waals surface area (Å²) in [6.45, 7) is 14.3. The number of hydrogen-bond donors (Lipinski definition) is 1. The van der Waals surface area contributed by atoms with Crippen LogP contribution in [-0.4, -0.2) is 44.3 Å². The minimum Gasteiger partial charge on any atom is -0.380 e. The Hall–Kier alpha value is -0.120. The number of hydrogen-bond acceptors (Lipinski definition) is 3. The first kappa shape index (κ1) is 15.9. The van der Waals surface area contributed by atoms with Crippen molar-refractivity contribution in [3.8, 4) is 0 Å². The van der Waals surface area contributed by atoms with E-state index in [9.17, 15) is 0 Å². The third kappa shape index (κ3) is 5.28. The van der Waals surface area contributed by atoms with Crippen molar-refractivity contribution in [2.24, 2.45) is 11.1 Å². The summed E-state index contributed by atoms with van der Waals surface area (Å²) in [5, 5.41) is 0. The smallest absolute Gasteiger partial charge is 0.0593 e. The van der Waals surface area contributed by atoms with Crippen LogP contribution in [0.4, 0.5) is 0 Å². The lowest BCUT2D eigenvalue weighted by molar-refractivity contribution is 0.0875. The highest BCUT2D eigenvalue weighted by atomic mass is 16.5. The maximum Gasteiger partial charge on any atom is 0.0593 e. The summed E-state index contributed by atoms with van der Waals surface area (Å²) in [4.78, 5) is 2.45. The highest BCUT2D eigenvalue weighted by molar-refractivity contribution is 4.81. The topological polar surface area (TPSA) is 38.5 Å². The average Bonchev–Trinajstić information content (AvgIpc) is 2.34. The second kappa shape index (κ2) is 8.97. The Kier molecular flexibility index (Phi) is 8.90. The van der Waals surface area contributed by atoms with Crippen molar-refractivity contribution in [2.75, 3.05) is 39.4 Å². The molecule has 0 aromatic rings. The first-order valence-corrected chi connectivity index (χ1v) is 6.68. The van der Waals surface area contributed by atoms with E-state index < -0.39 is 0 Å². The minimum atomic E-state index is 0.294. The van der Waals surface area contributed by atoms with Gasteiger partial charge < -0.3 is 15.4 Å². The van der Waals surface area contributed by atoms with Crippen LogP contribution in [0.15, 0.2) is 0 Å². The molecule has 0 aliphatic carbocycles. The van der Waals surface area contributed by atoms with E-state index in [-0.39, 0.29) is 0 Å². The molecule has 0 fully saturated rings. The maximum absolute atomic E-state index is 5.93. The van der Waals surface area contributed by atoms with E-state index in [0.717, 1.165) is 52.2 Å². The van der Waals surface area contributed by atoms with Crippen LogP contribution < -0.4 is 5.73 Å². The summed E-state index contributed by atoms with van der Waals surface area (Å²) in [6, 6.07) is 0. The number of rotatable bonds is 10. The van der Waals surface area contributed by atoms with Crippen LogP contribution in [0.1, 0.15) is 40.5 Å². The summed E-state index contributed by atoms with van der Waals surface area (Å²) in [5.41, 5.74) is 6.22. The van der Waals surface area contributed by atoms with Crippen molar-refractivity contribution in [1.29, 1.82) is 0 Å². The van der Waals surface area contributed by atoms with Gasteiger partial charge >= 0.3 is 0 Å². The highest BCUT2D eigenvalue weighted by Gasteiger charge is 2.26. The molecule has 0 bridgehead atoms. The molecule has 0 saturated carbocycles. The van der Waals surface area contributed by atoms with Gasteiger partial charge in [-0.15, -0.1) is 0 Å². The SMILES string of the molecule is CCOCCN(CC)CC(CC)(CC)CN. The van der Waals surface area contributed by atoms with Gasteiger partial charge in [-0.2, -0.15) is 0 Å². The first-order valence-electron chi connectivity index (χ1n) is 6.68. The monoisotopic (exact) mass is 230 g/mol. The van der Waals surface area contributed by atoms with Gasteiger partial charge in [0.15, 0.2) is 0 Å². The Morgan fingerprint density at radius 2 is 1.75 bits per heavy atom. The van der Waals surface area contributed by atoms with E-state index in [1.54, 1.807) is 0 Å². The van der Waals surface area contributed by atoms with Gasteiger partial charge in [0.1, 0.15) is 0 Å². The van der Waals surface area contributed by atoms with E-state index in [0.29, 0.717) is 5.41 Å². The Bertz CT molecular complexity index is 150. The first-order chi connectivity index (χ1) is 7.67. The fourth-order valence-electron chi connectivity index (χ4n) is 1.99. The Morgan fingerprint density at radius 1 is 1.12 bits per heavy atom. The molecular formula is C13H30N2O. The van der Waals surface area contributed by atoms with Crippen molar-refractivity contribution in [1.82, 2.24) is 4.90 Å². The molecule has 0 saturated heterocycles. The molecule has 0 aromatic heterocycles. The summed E-state index contributed by atoms with van der Waals surface area (Å²) in [6.07, 6.45) is 2.32. The predicted molar refractivity (Wildman–Crippen MR) is 70.7 cm³/mol. The predicted octanol–water partition coefficient (Wildman–Crippen LogP) is 2.11. The molecule has 0 radical (unpaired) electrons. The van der Waals surface area contributed by atoms with E-state index in [1.165, 1.54) is 0 Å². The second-order valence-electron chi connectivity index (χ2n) is 4.48. The van der Waals surface area contributed by atoms with E-state index >= 15 is 0 Å². The van der Waals surface area contributed by atoms with Crippen molar-refractivity contribution >= 4 is 0 Å². The number of likely N-dealkylation sites (N-methyl/N-ethyl adjacent to an activating group) is 1. The third-order valence-corrected chi connectivity index (χ3v) is 3.70. The molecule has 2 N–H and O–H groups in total. The molecule has 98 valence electrons. The second-order valence-corrected chi connectivity index (χ2v) is 4.48. The van der Waals surface area contributed by atoms with Crippen LogP contribution in [0.2, 0.25) is 0 Å². The highest BCUT2D eigenvalue weighted by Crippen LogP contribution is 2.25. The van der Waals surface area contributed by atoms with Gasteiger partial charge in [-0.05, 0) is 38.3 Å². The summed E-state index contributed by atoms with van der Waals surface area (Å²) in [7, 11) is 0. The minimum absolute atomic E-state index is 0.294. The van der Waals surface area contributed by atoms with Gasteiger partial charge in [0.25, 0.3) is 0 Å². The van der Waals surface area contributed by atoms with Crippen molar-refractivity contribution in [3.63, 3.8) is 0 Å². The third-order valence-electron chi connectivity index (χ3n) is 3.70. The Labute approximate surface area is 101 Å².